The minimum absolute atomic E-state index is 0.0651. The van der Waals surface area contributed by atoms with Gasteiger partial charge in [-0.05, 0) is 39.2 Å². The Hall–Kier alpha value is -1.36. The summed E-state index contributed by atoms with van der Waals surface area (Å²) in [6.45, 7) is 4.20. The first-order chi connectivity index (χ1) is 9.62. The van der Waals surface area contributed by atoms with Crippen LogP contribution in [-0.2, 0) is 7.05 Å². The van der Waals surface area contributed by atoms with E-state index < -0.39 is 0 Å². The average Bonchev–Trinajstić information content (AvgIpc) is 2.75. The SMILES string of the molecule is Cn1ccnc1C(=O)N1CCC[C@]2(C)NCCCC[C@H]12. The van der Waals surface area contributed by atoms with Crippen molar-refractivity contribution in [3.8, 4) is 0 Å². The molecule has 0 radical (unpaired) electrons. The fourth-order valence-electron chi connectivity index (χ4n) is 3.74. The van der Waals surface area contributed by atoms with E-state index >= 15 is 0 Å². The zero-order valence-corrected chi connectivity index (χ0v) is 12.4. The zero-order valence-electron chi connectivity index (χ0n) is 12.4. The number of carbonyl (C=O) groups excluding carboxylic acids is 1. The summed E-state index contributed by atoms with van der Waals surface area (Å²) < 4.78 is 1.82. The molecule has 5 nitrogen and oxygen atoms in total. The molecule has 1 amide bonds. The van der Waals surface area contributed by atoms with Gasteiger partial charge in [0.2, 0.25) is 0 Å². The fourth-order valence-corrected chi connectivity index (χ4v) is 3.74. The summed E-state index contributed by atoms with van der Waals surface area (Å²) in [5.74, 6) is 0.635. The van der Waals surface area contributed by atoms with Gasteiger partial charge in [0.25, 0.3) is 5.91 Å². The molecule has 110 valence electrons. The highest BCUT2D eigenvalue weighted by atomic mass is 16.2. The Morgan fingerprint density at radius 3 is 3.05 bits per heavy atom. The number of nitrogens with one attached hydrogen (secondary N) is 1. The van der Waals surface area contributed by atoms with Crippen molar-refractivity contribution in [1.82, 2.24) is 19.8 Å². The maximum Gasteiger partial charge on any atom is 0.290 e. The van der Waals surface area contributed by atoms with E-state index in [9.17, 15) is 4.79 Å². The van der Waals surface area contributed by atoms with Crippen LogP contribution in [0.4, 0.5) is 0 Å². The number of hydrogen-bond acceptors (Lipinski definition) is 3. The molecular weight excluding hydrogens is 252 g/mol. The third kappa shape index (κ3) is 2.24. The molecule has 1 aromatic heterocycles. The Morgan fingerprint density at radius 1 is 1.45 bits per heavy atom. The van der Waals surface area contributed by atoms with Gasteiger partial charge >= 0.3 is 0 Å². The molecule has 20 heavy (non-hydrogen) atoms. The van der Waals surface area contributed by atoms with Gasteiger partial charge in [-0.3, -0.25) is 4.79 Å². The maximum absolute atomic E-state index is 12.8. The lowest BCUT2D eigenvalue weighted by Gasteiger charge is -2.48. The molecule has 1 N–H and O–H groups in total. The molecule has 2 atom stereocenters. The van der Waals surface area contributed by atoms with Crippen LogP contribution >= 0.6 is 0 Å². The van der Waals surface area contributed by atoms with E-state index in [4.69, 9.17) is 0 Å². The van der Waals surface area contributed by atoms with Gasteiger partial charge in [-0.25, -0.2) is 4.98 Å². The van der Waals surface area contributed by atoms with E-state index in [1.54, 1.807) is 6.20 Å². The van der Waals surface area contributed by atoms with Gasteiger partial charge in [0.15, 0.2) is 5.82 Å². The zero-order chi connectivity index (χ0) is 14.2. The van der Waals surface area contributed by atoms with Crippen molar-refractivity contribution in [3.05, 3.63) is 18.2 Å². The standard InChI is InChI=1S/C15H24N4O/c1-15-7-5-10-19(12(15)6-3-4-8-17-15)14(20)13-16-9-11-18(13)2/h9,11-12,17H,3-8,10H2,1-2H3/t12-,15-/m0/s1. The normalized spacial score (nSPS) is 30.7. The van der Waals surface area contributed by atoms with E-state index in [1.165, 1.54) is 12.8 Å². The van der Waals surface area contributed by atoms with Crippen LogP contribution < -0.4 is 5.32 Å². The van der Waals surface area contributed by atoms with E-state index in [0.717, 1.165) is 32.4 Å². The second-order valence-corrected chi connectivity index (χ2v) is 6.32. The third-order valence-electron chi connectivity index (χ3n) is 4.91. The number of imidazole rings is 1. The Morgan fingerprint density at radius 2 is 2.30 bits per heavy atom. The van der Waals surface area contributed by atoms with Crippen molar-refractivity contribution in [2.45, 2.75) is 50.6 Å². The van der Waals surface area contributed by atoms with Crippen LogP contribution in [0.2, 0.25) is 0 Å². The van der Waals surface area contributed by atoms with Crippen LogP contribution in [0, 0.1) is 0 Å². The first kappa shape index (κ1) is 13.6. The molecule has 2 aliphatic rings. The van der Waals surface area contributed by atoms with Crippen LogP contribution in [0.1, 0.15) is 49.6 Å². The number of aryl methyl sites for hydroxylation is 1. The number of fused-ring (bicyclic) bond motifs is 1. The van der Waals surface area contributed by atoms with Crippen LogP contribution in [-0.4, -0.2) is 45.0 Å². The number of carbonyl (C=O) groups is 1. The molecule has 0 aromatic carbocycles. The number of amides is 1. The second kappa shape index (κ2) is 5.20. The molecule has 0 saturated carbocycles. The fraction of sp³-hybridized carbons (Fsp3) is 0.733. The van der Waals surface area contributed by atoms with Gasteiger partial charge in [-0.1, -0.05) is 6.42 Å². The first-order valence-corrected chi connectivity index (χ1v) is 7.65. The van der Waals surface area contributed by atoms with Gasteiger partial charge in [0.05, 0.1) is 0 Å². The Labute approximate surface area is 120 Å². The van der Waals surface area contributed by atoms with Crippen molar-refractivity contribution in [2.24, 2.45) is 7.05 Å². The molecule has 2 saturated heterocycles. The Kier molecular flexibility index (Phi) is 3.54. The largest absolute Gasteiger partial charge is 0.331 e. The van der Waals surface area contributed by atoms with Crippen molar-refractivity contribution >= 4 is 5.91 Å². The molecule has 2 aliphatic heterocycles. The van der Waals surface area contributed by atoms with Crippen LogP contribution in [0.5, 0.6) is 0 Å². The molecule has 5 heteroatoms. The topological polar surface area (TPSA) is 50.2 Å². The van der Waals surface area contributed by atoms with E-state index in [-0.39, 0.29) is 11.4 Å². The lowest BCUT2D eigenvalue weighted by molar-refractivity contribution is 0.0365. The van der Waals surface area contributed by atoms with Crippen LogP contribution in [0.25, 0.3) is 0 Å². The summed E-state index contributed by atoms with van der Waals surface area (Å²) in [4.78, 5) is 19.1. The molecule has 0 spiro atoms. The smallest absolute Gasteiger partial charge is 0.290 e. The van der Waals surface area contributed by atoms with Gasteiger partial charge in [-0.15, -0.1) is 0 Å². The quantitative estimate of drug-likeness (QED) is 0.847. The number of hydrogen-bond donors (Lipinski definition) is 1. The second-order valence-electron chi connectivity index (χ2n) is 6.32. The molecule has 0 aliphatic carbocycles. The van der Waals surface area contributed by atoms with Crippen molar-refractivity contribution in [2.75, 3.05) is 13.1 Å². The van der Waals surface area contributed by atoms with Gasteiger partial charge in [0.1, 0.15) is 0 Å². The van der Waals surface area contributed by atoms with Gasteiger partial charge in [-0.2, -0.15) is 0 Å². The monoisotopic (exact) mass is 276 g/mol. The molecule has 1 aromatic rings. The predicted octanol–water partition coefficient (Wildman–Crippen LogP) is 1.56. The van der Waals surface area contributed by atoms with Crippen molar-refractivity contribution < 1.29 is 4.79 Å². The minimum atomic E-state index is 0.0651. The van der Waals surface area contributed by atoms with E-state index in [1.807, 2.05) is 17.8 Å². The highest BCUT2D eigenvalue weighted by molar-refractivity contribution is 5.91. The summed E-state index contributed by atoms with van der Waals surface area (Å²) in [6.07, 6.45) is 9.25. The molecule has 3 heterocycles. The van der Waals surface area contributed by atoms with Crippen LogP contribution in [0.3, 0.4) is 0 Å². The summed E-state index contributed by atoms with van der Waals surface area (Å²) in [7, 11) is 1.88. The highest BCUT2D eigenvalue weighted by Gasteiger charge is 2.43. The maximum atomic E-state index is 12.8. The predicted molar refractivity (Wildman–Crippen MR) is 77.5 cm³/mol. The Balaban J connectivity index is 1.88. The first-order valence-electron chi connectivity index (χ1n) is 7.65. The number of rotatable bonds is 1. The van der Waals surface area contributed by atoms with Gasteiger partial charge < -0.3 is 14.8 Å². The lowest BCUT2D eigenvalue weighted by atomic mass is 9.81. The number of likely N-dealkylation sites (tertiary alicyclic amines) is 1. The van der Waals surface area contributed by atoms with E-state index in [2.05, 4.69) is 22.1 Å². The molecule has 2 fully saturated rings. The molecule has 0 unspecified atom stereocenters. The van der Waals surface area contributed by atoms with Crippen molar-refractivity contribution in [3.63, 3.8) is 0 Å². The summed E-state index contributed by atoms with van der Waals surface area (Å²) >= 11 is 0. The lowest BCUT2D eigenvalue weighted by Crippen LogP contribution is -2.62. The summed E-state index contributed by atoms with van der Waals surface area (Å²) in [5.41, 5.74) is 0.0651. The highest BCUT2D eigenvalue weighted by Crippen LogP contribution is 2.33. The molecular formula is C15H24N4O. The average molecular weight is 276 g/mol. The number of aromatic nitrogens is 2. The van der Waals surface area contributed by atoms with Gasteiger partial charge in [0, 0.05) is 37.6 Å². The molecule has 3 rings (SSSR count). The Bertz CT molecular complexity index is 498. The summed E-state index contributed by atoms with van der Waals surface area (Å²) in [6, 6.07) is 0.294. The molecule has 0 bridgehead atoms. The number of piperidine rings is 1. The summed E-state index contributed by atoms with van der Waals surface area (Å²) in [5, 5.41) is 3.68. The third-order valence-corrected chi connectivity index (χ3v) is 4.91. The minimum Gasteiger partial charge on any atom is -0.331 e. The van der Waals surface area contributed by atoms with E-state index in [0.29, 0.717) is 11.9 Å². The number of nitrogens with zero attached hydrogens (tertiary/aromatic N) is 3. The van der Waals surface area contributed by atoms with Crippen molar-refractivity contribution in [1.29, 1.82) is 0 Å². The van der Waals surface area contributed by atoms with Crippen LogP contribution in [0.15, 0.2) is 12.4 Å².